The Morgan fingerprint density at radius 3 is 2.90 bits per heavy atom. The van der Waals surface area contributed by atoms with E-state index in [0.29, 0.717) is 28.6 Å². The van der Waals surface area contributed by atoms with Crippen molar-refractivity contribution in [3.8, 4) is 0 Å². The fourth-order valence-corrected chi connectivity index (χ4v) is 3.34. The number of rotatable bonds is 6. The molecule has 4 atom stereocenters. The van der Waals surface area contributed by atoms with Crippen LogP contribution in [0, 0.1) is 0 Å². The van der Waals surface area contributed by atoms with E-state index >= 15 is 0 Å². The summed E-state index contributed by atoms with van der Waals surface area (Å²) in [6.45, 7) is 5.56. The van der Waals surface area contributed by atoms with Crippen molar-refractivity contribution < 1.29 is 9.47 Å². The summed E-state index contributed by atoms with van der Waals surface area (Å²) in [5.74, 6) is 1.02. The SMILES string of the molecule is CCC(C)SN.Cn1cc(Nc2ncc(Cl)c(NC3COC4CCOC34)n2)cn1. The molecule has 2 saturated heterocycles. The second-order valence-electron chi connectivity index (χ2n) is 7.02. The molecule has 2 aromatic heterocycles. The van der Waals surface area contributed by atoms with Crippen molar-refractivity contribution in [3.05, 3.63) is 23.6 Å². The summed E-state index contributed by atoms with van der Waals surface area (Å²) in [7, 11) is 1.85. The highest BCUT2D eigenvalue weighted by Gasteiger charge is 2.42. The molecule has 0 aliphatic carbocycles. The Morgan fingerprint density at radius 1 is 1.41 bits per heavy atom. The van der Waals surface area contributed by atoms with Crippen molar-refractivity contribution in [2.24, 2.45) is 12.2 Å². The maximum Gasteiger partial charge on any atom is 0.229 e. The Kier molecular flexibility index (Phi) is 7.96. The smallest absolute Gasteiger partial charge is 0.229 e. The van der Waals surface area contributed by atoms with Gasteiger partial charge in [0.2, 0.25) is 5.95 Å². The second-order valence-corrected chi connectivity index (χ2v) is 8.50. The van der Waals surface area contributed by atoms with E-state index in [9.17, 15) is 0 Å². The quantitative estimate of drug-likeness (QED) is 0.582. The van der Waals surface area contributed by atoms with Gasteiger partial charge >= 0.3 is 0 Å². The van der Waals surface area contributed by atoms with Gasteiger partial charge in [-0.1, -0.05) is 37.4 Å². The topological polar surface area (TPSA) is 112 Å². The summed E-state index contributed by atoms with van der Waals surface area (Å²) < 4.78 is 13.2. The minimum absolute atomic E-state index is 0.0427. The van der Waals surface area contributed by atoms with E-state index in [1.807, 2.05) is 13.2 Å². The van der Waals surface area contributed by atoms with Crippen LogP contribution in [0.1, 0.15) is 26.7 Å². The van der Waals surface area contributed by atoms with E-state index in [2.05, 4.69) is 39.5 Å². The predicted octanol–water partition coefficient (Wildman–Crippen LogP) is 2.97. The number of nitrogens with one attached hydrogen (secondary N) is 2. The molecule has 0 saturated carbocycles. The number of nitrogens with two attached hydrogens (primary N) is 1. The lowest BCUT2D eigenvalue weighted by atomic mass is 10.1. The molecule has 11 heteroatoms. The largest absolute Gasteiger partial charge is 0.373 e. The molecule has 2 aromatic rings. The van der Waals surface area contributed by atoms with Crippen molar-refractivity contribution in [2.75, 3.05) is 23.8 Å². The van der Waals surface area contributed by atoms with Gasteiger partial charge < -0.3 is 20.1 Å². The summed E-state index contributed by atoms with van der Waals surface area (Å²) in [5, 5.41) is 16.8. The van der Waals surface area contributed by atoms with Gasteiger partial charge in [-0.25, -0.2) is 4.98 Å². The normalized spacial score (nSPS) is 23.8. The van der Waals surface area contributed by atoms with Gasteiger partial charge in [-0.05, 0) is 12.8 Å². The molecule has 4 unspecified atom stereocenters. The number of halogens is 1. The van der Waals surface area contributed by atoms with Gasteiger partial charge in [0.25, 0.3) is 0 Å². The first kappa shape index (κ1) is 22.1. The third-order valence-electron chi connectivity index (χ3n) is 4.80. The number of ether oxygens (including phenoxy) is 2. The minimum atomic E-state index is 0.0427. The molecule has 4 N–H and O–H groups in total. The van der Waals surface area contributed by atoms with Crippen LogP contribution in [0.5, 0.6) is 0 Å². The van der Waals surface area contributed by atoms with Gasteiger partial charge in [0.15, 0.2) is 5.82 Å². The van der Waals surface area contributed by atoms with Crippen molar-refractivity contribution in [1.29, 1.82) is 0 Å². The summed E-state index contributed by atoms with van der Waals surface area (Å²) in [5.41, 5.74) is 0.809. The van der Waals surface area contributed by atoms with Gasteiger partial charge in [-0.3, -0.25) is 9.82 Å². The molecule has 0 spiro atoms. The molecule has 29 heavy (non-hydrogen) atoms. The summed E-state index contributed by atoms with van der Waals surface area (Å²) in [4.78, 5) is 8.63. The van der Waals surface area contributed by atoms with Gasteiger partial charge in [0.1, 0.15) is 11.1 Å². The zero-order chi connectivity index (χ0) is 20.8. The predicted molar refractivity (Wildman–Crippen MR) is 117 cm³/mol. The average Bonchev–Trinajstić information content (AvgIpc) is 3.43. The Balaban J connectivity index is 0.000000353. The fraction of sp³-hybridized carbons (Fsp3) is 0.611. The van der Waals surface area contributed by atoms with Crippen LogP contribution in [0.25, 0.3) is 0 Å². The minimum Gasteiger partial charge on any atom is -0.373 e. The van der Waals surface area contributed by atoms with Crippen LogP contribution < -0.4 is 15.8 Å². The zero-order valence-corrected chi connectivity index (χ0v) is 18.4. The molecule has 160 valence electrons. The van der Waals surface area contributed by atoms with Gasteiger partial charge in [-0.2, -0.15) is 10.1 Å². The molecule has 2 aliphatic heterocycles. The molecule has 2 fully saturated rings. The summed E-state index contributed by atoms with van der Waals surface area (Å²) >= 11 is 7.64. The zero-order valence-electron chi connectivity index (χ0n) is 16.8. The van der Waals surface area contributed by atoms with Gasteiger partial charge in [0, 0.05) is 25.1 Å². The van der Waals surface area contributed by atoms with E-state index in [1.54, 1.807) is 17.1 Å². The van der Waals surface area contributed by atoms with Crippen LogP contribution in [0.15, 0.2) is 18.6 Å². The maximum atomic E-state index is 6.21. The lowest BCUT2D eigenvalue weighted by molar-refractivity contribution is 0.0718. The monoisotopic (exact) mass is 441 g/mol. The van der Waals surface area contributed by atoms with E-state index in [4.69, 9.17) is 26.2 Å². The van der Waals surface area contributed by atoms with Crippen molar-refractivity contribution in [1.82, 2.24) is 19.7 Å². The number of aryl methyl sites for hydroxylation is 1. The molecule has 0 radical (unpaired) electrons. The van der Waals surface area contributed by atoms with Crippen molar-refractivity contribution in [3.63, 3.8) is 0 Å². The van der Waals surface area contributed by atoms with E-state index in [-0.39, 0.29) is 18.2 Å². The second kappa shape index (κ2) is 10.4. The van der Waals surface area contributed by atoms with Crippen LogP contribution in [0.4, 0.5) is 17.5 Å². The Labute approximate surface area is 180 Å². The van der Waals surface area contributed by atoms with Crippen LogP contribution in [-0.2, 0) is 16.5 Å². The van der Waals surface area contributed by atoms with E-state index in [1.165, 1.54) is 18.4 Å². The lowest BCUT2D eigenvalue weighted by Gasteiger charge is -2.19. The van der Waals surface area contributed by atoms with Crippen LogP contribution >= 0.6 is 23.5 Å². The number of hydrogen-bond acceptors (Lipinski definition) is 9. The first-order chi connectivity index (χ1) is 14.0. The van der Waals surface area contributed by atoms with Gasteiger partial charge in [-0.15, -0.1) is 0 Å². The molecule has 4 heterocycles. The van der Waals surface area contributed by atoms with Crippen molar-refractivity contribution >= 4 is 41.0 Å². The van der Waals surface area contributed by atoms with Gasteiger partial charge in [0.05, 0.1) is 36.8 Å². The summed E-state index contributed by atoms with van der Waals surface area (Å²) in [6.07, 6.45) is 7.44. The lowest BCUT2D eigenvalue weighted by Crippen LogP contribution is -2.34. The first-order valence-electron chi connectivity index (χ1n) is 9.63. The third-order valence-corrected chi connectivity index (χ3v) is 5.87. The molecule has 4 rings (SSSR count). The number of hydrogen-bond donors (Lipinski definition) is 3. The van der Waals surface area contributed by atoms with Crippen LogP contribution in [0.2, 0.25) is 5.02 Å². The van der Waals surface area contributed by atoms with Crippen LogP contribution in [-0.4, -0.2) is 56.5 Å². The van der Waals surface area contributed by atoms with E-state index < -0.39 is 0 Å². The average molecular weight is 442 g/mol. The highest BCUT2D eigenvalue weighted by molar-refractivity contribution is 7.97. The maximum absolute atomic E-state index is 6.21. The molecule has 0 bridgehead atoms. The first-order valence-corrected chi connectivity index (χ1v) is 11.0. The highest BCUT2D eigenvalue weighted by Crippen LogP contribution is 2.30. The standard InChI is InChI=1S/C14H17ClN6O2.C4H11NS/c1-21-6-8(4-17-21)18-14-16-5-9(15)13(20-14)19-10-7-23-11-2-3-22-12(10)11;1-3-4(2)6-5/h4-6,10-12H,2-3,7H2,1H3,(H2,16,18,19,20);4H,3,5H2,1-2H3. The number of fused-ring (bicyclic) bond motifs is 1. The number of nitrogens with zero attached hydrogens (tertiary/aromatic N) is 4. The number of aromatic nitrogens is 4. The third kappa shape index (κ3) is 5.95. The molecule has 0 aromatic carbocycles. The molecular formula is C18H28ClN7O2S. The molecule has 9 nitrogen and oxygen atoms in total. The highest BCUT2D eigenvalue weighted by atomic mass is 35.5. The molecular weight excluding hydrogens is 414 g/mol. The van der Waals surface area contributed by atoms with E-state index in [0.717, 1.165) is 18.7 Å². The summed E-state index contributed by atoms with van der Waals surface area (Å²) in [6, 6.07) is 0.0427. The fourth-order valence-electron chi connectivity index (χ4n) is 3.01. The number of anilines is 3. The molecule has 0 amide bonds. The van der Waals surface area contributed by atoms with Crippen LogP contribution in [0.3, 0.4) is 0 Å². The molecule has 2 aliphatic rings. The Hall–Kier alpha value is -1.59. The Bertz CT molecular complexity index is 789. The Morgan fingerprint density at radius 2 is 2.24 bits per heavy atom. The van der Waals surface area contributed by atoms with Crippen molar-refractivity contribution in [2.45, 2.75) is 50.2 Å².